The largest absolute Gasteiger partial charge is 0.492 e. The van der Waals surface area contributed by atoms with Crippen LogP contribution in [0.4, 0.5) is 0 Å². The molecule has 1 saturated carbocycles. The van der Waals surface area contributed by atoms with Gasteiger partial charge in [0.1, 0.15) is 17.5 Å². The quantitative estimate of drug-likeness (QED) is 0.740. The number of ether oxygens (including phenoxy) is 1. The van der Waals surface area contributed by atoms with Crippen LogP contribution in [0.15, 0.2) is 12.3 Å². The van der Waals surface area contributed by atoms with Crippen molar-refractivity contribution < 1.29 is 4.74 Å². The summed E-state index contributed by atoms with van der Waals surface area (Å²) in [6.07, 6.45) is 4.40. The molecule has 1 fully saturated rings. The minimum Gasteiger partial charge on any atom is -0.492 e. The highest BCUT2D eigenvalue weighted by Gasteiger charge is 2.25. The molecule has 16 heavy (non-hydrogen) atoms. The van der Waals surface area contributed by atoms with Crippen molar-refractivity contribution in [1.82, 2.24) is 9.88 Å². The number of hydrogen-bond acceptors (Lipinski definition) is 3. The second-order valence-corrected chi connectivity index (χ2v) is 4.72. The van der Waals surface area contributed by atoms with Crippen LogP contribution >= 0.6 is 11.6 Å². The van der Waals surface area contributed by atoms with Crippen molar-refractivity contribution >= 4 is 11.6 Å². The Hall–Kier alpha value is -0.800. The Balaban J connectivity index is 1.81. The Morgan fingerprint density at radius 1 is 1.56 bits per heavy atom. The highest BCUT2D eigenvalue weighted by atomic mass is 35.5. The SMILES string of the molecule is Cc1cnc(Cl)cc1OCCN(C)C1CC1. The van der Waals surface area contributed by atoms with Gasteiger partial charge in [0, 0.05) is 30.4 Å². The van der Waals surface area contributed by atoms with E-state index in [2.05, 4.69) is 16.9 Å². The number of halogens is 1. The van der Waals surface area contributed by atoms with E-state index in [1.807, 2.05) is 6.92 Å². The van der Waals surface area contributed by atoms with Crippen LogP contribution in [-0.2, 0) is 0 Å². The van der Waals surface area contributed by atoms with Gasteiger partial charge in [0.15, 0.2) is 0 Å². The standard InChI is InChI=1S/C12H17ClN2O/c1-9-8-14-12(13)7-11(9)16-6-5-15(2)10-3-4-10/h7-8,10H,3-6H2,1-2H3. The van der Waals surface area contributed by atoms with Gasteiger partial charge in [-0.25, -0.2) is 4.98 Å². The highest BCUT2D eigenvalue weighted by molar-refractivity contribution is 6.29. The fraction of sp³-hybridized carbons (Fsp3) is 0.583. The molecule has 0 atom stereocenters. The van der Waals surface area contributed by atoms with Crippen LogP contribution in [0.3, 0.4) is 0 Å². The summed E-state index contributed by atoms with van der Waals surface area (Å²) in [5.41, 5.74) is 1.03. The van der Waals surface area contributed by atoms with Gasteiger partial charge in [-0.2, -0.15) is 0 Å². The molecular formula is C12H17ClN2O. The molecular weight excluding hydrogens is 224 g/mol. The van der Waals surface area contributed by atoms with Gasteiger partial charge in [0.25, 0.3) is 0 Å². The Labute approximate surface area is 101 Å². The Bertz CT molecular complexity index is 366. The zero-order valence-electron chi connectivity index (χ0n) is 9.74. The third-order valence-electron chi connectivity index (χ3n) is 2.89. The first-order valence-corrected chi connectivity index (χ1v) is 6.00. The first-order chi connectivity index (χ1) is 7.66. The van der Waals surface area contributed by atoms with E-state index in [1.165, 1.54) is 12.8 Å². The van der Waals surface area contributed by atoms with Crippen molar-refractivity contribution in [3.05, 3.63) is 23.0 Å². The number of aryl methyl sites for hydroxylation is 1. The molecule has 1 aliphatic carbocycles. The van der Waals surface area contributed by atoms with E-state index < -0.39 is 0 Å². The van der Waals surface area contributed by atoms with Gasteiger partial charge >= 0.3 is 0 Å². The maximum absolute atomic E-state index is 5.82. The fourth-order valence-electron chi connectivity index (χ4n) is 1.63. The molecule has 1 aromatic rings. The molecule has 0 N–H and O–H groups in total. The number of hydrogen-bond donors (Lipinski definition) is 0. The van der Waals surface area contributed by atoms with Crippen molar-refractivity contribution in [2.45, 2.75) is 25.8 Å². The maximum Gasteiger partial charge on any atom is 0.132 e. The molecule has 3 nitrogen and oxygen atoms in total. The van der Waals surface area contributed by atoms with Crippen LogP contribution in [0.25, 0.3) is 0 Å². The van der Waals surface area contributed by atoms with Crippen LogP contribution in [0.5, 0.6) is 5.75 Å². The lowest BCUT2D eigenvalue weighted by Crippen LogP contribution is -2.26. The lowest BCUT2D eigenvalue weighted by molar-refractivity contribution is 0.231. The van der Waals surface area contributed by atoms with Gasteiger partial charge < -0.3 is 9.64 Å². The van der Waals surface area contributed by atoms with E-state index in [1.54, 1.807) is 12.3 Å². The van der Waals surface area contributed by atoms with E-state index in [9.17, 15) is 0 Å². The van der Waals surface area contributed by atoms with Gasteiger partial charge in [-0.1, -0.05) is 11.6 Å². The summed E-state index contributed by atoms with van der Waals surface area (Å²) in [5.74, 6) is 0.837. The molecule has 4 heteroatoms. The van der Waals surface area contributed by atoms with E-state index in [4.69, 9.17) is 16.3 Å². The van der Waals surface area contributed by atoms with E-state index in [0.717, 1.165) is 23.9 Å². The van der Waals surface area contributed by atoms with Gasteiger partial charge in [-0.15, -0.1) is 0 Å². The number of aromatic nitrogens is 1. The smallest absolute Gasteiger partial charge is 0.132 e. The second kappa shape index (κ2) is 5.02. The van der Waals surface area contributed by atoms with Crippen LogP contribution in [0.1, 0.15) is 18.4 Å². The van der Waals surface area contributed by atoms with Gasteiger partial charge in [-0.3, -0.25) is 0 Å². The summed E-state index contributed by atoms with van der Waals surface area (Å²) in [5, 5.41) is 0.483. The van der Waals surface area contributed by atoms with Crippen LogP contribution in [0, 0.1) is 6.92 Å². The van der Waals surface area contributed by atoms with Gasteiger partial charge in [-0.05, 0) is 26.8 Å². The second-order valence-electron chi connectivity index (χ2n) is 4.33. The third kappa shape index (κ3) is 3.09. The average molecular weight is 241 g/mol. The van der Waals surface area contributed by atoms with E-state index in [-0.39, 0.29) is 0 Å². The lowest BCUT2D eigenvalue weighted by Gasteiger charge is -2.16. The number of nitrogens with zero attached hydrogens (tertiary/aromatic N) is 2. The molecule has 1 heterocycles. The zero-order chi connectivity index (χ0) is 11.5. The van der Waals surface area contributed by atoms with Crippen molar-refractivity contribution in [1.29, 1.82) is 0 Å². The van der Waals surface area contributed by atoms with Crippen LogP contribution in [0.2, 0.25) is 5.15 Å². The molecule has 1 aliphatic rings. The molecule has 0 aliphatic heterocycles. The monoisotopic (exact) mass is 240 g/mol. The van der Waals surface area contributed by atoms with Crippen LogP contribution in [-0.4, -0.2) is 36.1 Å². The minimum atomic E-state index is 0.483. The van der Waals surface area contributed by atoms with Gasteiger partial charge in [0.05, 0.1) is 0 Å². The zero-order valence-corrected chi connectivity index (χ0v) is 10.5. The lowest BCUT2D eigenvalue weighted by atomic mass is 10.3. The van der Waals surface area contributed by atoms with E-state index in [0.29, 0.717) is 11.8 Å². The van der Waals surface area contributed by atoms with Crippen LogP contribution < -0.4 is 4.74 Å². The molecule has 0 bridgehead atoms. The summed E-state index contributed by atoms with van der Waals surface area (Å²) in [4.78, 5) is 6.34. The van der Waals surface area contributed by atoms with Crippen molar-refractivity contribution in [2.24, 2.45) is 0 Å². The Kier molecular flexibility index (Phi) is 3.66. The first kappa shape index (κ1) is 11.7. The molecule has 2 rings (SSSR count). The first-order valence-electron chi connectivity index (χ1n) is 5.62. The molecule has 0 radical (unpaired) electrons. The summed E-state index contributed by atoms with van der Waals surface area (Å²) < 4.78 is 5.70. The summed E-state index contributed by atoms with van der Waals surface area (Å²) in [6, 6.07) is 2.55. The molecule has 88 valence electrons. The third-order valence-corrected chi connectivity index (χ3v) is 3.10. The normalized spacial score (nSPS) is 15.5. The maximum atomic E-state index is 5.82. The van der Waals surface area contributed by atoms with Crippen molar-refractivity contribution in [3.8, 4) is 5.75 Å². The molecule has 1 aromatic heterocycles. The molecule has 0 aromatic carbocycles. The predicted octanol–water partition coefficient (Wildman–Crippen LogP) is 2.52. The topological polar surface area (TPSA) is 25.4 Å². The highest BCUT2D eigenvalue weighted by Crippen LogP contribution is 2.25. The summed E-state index contributed by atoms with van der Waals surface area (Å²) >= 11 is 5.82. The molecule has 0 unspecified atom stereocenters. The van der Waals surface area contributed by atoms with Gasteiger partial charge in [0.2, 0.25) is 0 Å². The molecule has 0 saturated heterocycles. The fourth-order valence-corrected chi connectivity index (χ4v) is 1.78. The molecule has 0 spiro atoms. The minimum absolute atomic E-state index is 0.483. The molecule has 0 amide bonds. The summed E-state index contributed by atoms with van der Waals surface area (Å²) in [7, 11) is 2.15. The van der Waals surface area contributed by atoms with Crippen molar-refractivity contribution in [2.75, 3.05) is 20.2 Å². The number of likely N-dealkylation sites (N-methyl/N-ethyl adjacent to an activating group) is 1. The average Bonchev–Trinajstić information content (AvgIpc) is 3.06. The van der Waals surface area contributed by atoms with E-state index >= 15 is 0 Å². The Morgan fingerprint density at radius 2 is 2.31 bits per heavy atom. The summed E-state index contributed by atoms with van der Waals surface area (Å²) in [6.45, 7) is 3.64. The number of pyridine rings is 1. The predicted molar refractivity (Wildman–Crippen MR) is 65.1 cm³/mol. The van der Waals surface area contributed by atoms with Crippen molar-refractivity contribution in [3.63, 3.8) is 0 Å². The Morgan fingerprint density at radius 3 is 3.00 bits per heavy atom. The number of rotatable bonds is 5.